The van der Waals surface area contributed by atoms with Gasteiger partial charge in [-0.2, -0.15) is 0 Å². The van der Waals surface area contributed by atoms with Crippen LogP contribution in [0.2, 0.25) is 0 Å². The number of hydrogen-bond acceptors (Lipinski definition) is 1. The fraction of sp³-hybridized carbons (Fsp3) is 0.900. The SMILES string of the molecule is C.CC(C)[C@H]1CCCN(C)C1=O. The summed E-state index contributed by atoms with van der Waals surface area (Å²) in [6, 6.07) is 0. The Bertz CT molecular complexity index is 154. The summed E-state index contributed by atoms with van der Waals surface area (Å²) in [6.45, 7) is 5.20. The molecule has 0 N–H and O–H groups in total. The second kappa shape index (κ2) is 4.48. The van der Waals surface area contributed by atoms with Crippen molar-refractivity contribution in [3.05, 3.63) is 0 Å². The fourth-order valence-corrected chi connectivity index (χ4v) is 1.68. The van der Waals surface area contributed by atoms with Crippen LogP contribution in [-0.2, 0) is 4.79 Å². The lowest BCUT2D eigenvalue weighted by Gasteiger charge is -2.31. The first-order valence-electron chi connectivity index (χ1n) is 4.38. The Kier molecular flexibility index (Phi) is 4.29. The van der Waals surface area contributed by atoms with Gasteiger partial charge in [0.15, 0.2) is 0 Å². The third-order valence-electron chi connectivity index (χ3n) is 2.51. The van der Waals surface area contributed by atoms with Crippen LogP contribution >= 0.6 is 0 Å². The minimum absolute atomic E-state index is 0. The Balaban J connectivity index is 0.00000121. The van der Waals surface area contributed by atoms with E-state index < -0.39 is 0 Å². The molecule has 1 fully saturated rings. The molecule has 0 unspecified atom stereocenters. The van der Waals surface area contributed by atoms with Crippen molar-refractivity contribution < 1.29 is 4.79 Å². The first-order chi connectivity index (χ1) is 5.13. The molecule has 0 bridgehead atoms. The highest BCUT2D eigenvalue weighted by Gasteiger charge is 2.28. The van der Waals surface area contributed by atoms with Crippen LogP contribution in [0.4, 0.5) is 0 Å². The summed E-state index contributed by atoms with van der Waals surface area (Å²) >= 11 is 0. The number of hydrogen-bond donors (Lipinski definition) is 0. The molecule has 0 aromatic heterocycles. The number of amides is 1. The molecule has 0 spiro atoms. The minimum atomic E-state index is 0. The maximum atomic E-state index is 11.5. The van der Waals surface area contributed by atoms with Crippen molar-refractivity contribution in [2.24, 2.45) is 11.8 Å². The molecule has 1 aliphatic rings. The lowest BCUT2D eigenvalue weighted by atomic mass is 9.87. The van der Waals surface area contributed by atoms with Gasteiger partial charge in [-0.1, -0.05) is 21.3 Å². The molecule has 1 atom stereocenters. The Labute approximate surface area is 75.9 Å². The lowest BCUT2D eigenvalue weighted by Crippen LogP contribution is -2.40. The molecule has 2 nitrogen and oxygen atoms in total. The normalized spacial score (nSPS) is 24.2. The molecule has 1 saturated heterocycles. The largest absolute Gasteiger partial charge is 0.346 e. The van der Waals surface area contributed by atoms with Crippen LogP contribution in [0, 0.1) is 11.8 Å². The van der Waals surface area contributed by atoms with E-state index in [4.69, 9.17) is 0 Å². The van der Waals surface area contributed by atoms with Crippen molar-refractivity contribution in [3.8, 4) is 0 Å². The second-order valence-electron chi connectivity index (χ2n) is 3.75. The molecule has 72 valence electrons. The molecule has 1 amide bonds. The van der Waals surface area contributed by atoms with E-state index in [0.717, 1.165) is 13.0 Å². The fourth-order valence-electron chi connectivity index (χ4n) is 1.68. The molecule has 2 heteroatoms. The first kappa shape index (κ1) is 11.5. The summed E-state index contributed by atoms with van der Waals surface area (Å²) < 4.78 is 0. The number of carbonyl (C=O) groups is 1. The molecule has 1 heterocycles. The van der Waals surface area contributed by atoms with Gasteiger partial charge < -0.3 is 4.90 Å². The number of rotatable bonds is 1. The van der Waals surface area contributed by atoms with Gasteiger partial charge in [0, 0.05) is 19.5 Å². The highest BCUT2D eigenvalue weighted by atomic mass is 16.2. The third kappa shape index (κ3) is 2.23. The van der Waals surface area contributed by atoms with Gasteiger partial charge in [-0.15, -0.1) is 0 Å². The van der Waals surface area contributed by atoms with Crippen LogP contribution < -0.4 is 0 Å². The van der Waals surface area contributed by atoms with E-state index in [1.807, 2.05) is 11.9 Å². The standard InChI is InChI=1S/C9H17NO.CH4/c1-7(2)8-5-4-6-10(3)9(8)11;/h7-8H,4-6H2,1-3H3;1H4/t8-;/m1./s1. The Hall–Kier alpha value is -0.530. The monoisotopic (exact) mass is 171 g/mol. The van der Waals surface area contributed by atoms with Gasteiger partial charge >= 0.3 is 0 Å². The van der Waals surface area contributed by atoms with Crippen molar-refractivity contribution in [2.45, 2.75) is 34.1 Å². The van der Waals surface area contributed by atoms with Crippen molar-refractivity contribution in [1.82, 2.24) is 4.90 Å². The average molecular weight is 171 g/mol. The van der Waals surface area contributed by atoms with E-state index in [0.29, 0.717) is 11.8 Å². The van der Waals surface area contributed by atoms with Crippen LogP contribution in [0.3, 0.4) is 0 Å². The zero-order valence-corrected chi connectivity index (χ0v) is 7.63. The summed E-state index contributed by atoms with van der Waals surface area (Å²) in [5, 5.41) is 0. The van der Waals surface area contributed by atoms with E-state index >= 15 is 0 Å². The van der Waals surface area contributed by atoms with Crippen LogP contribution in [0.25, 0.3) is 0 Å². The zero-order valence-electron chi connectivity index (χ0n) is 7.63. The zero-order chi connectivity index (χ0) is 8.43. The average Bonchev–Trinajstić information content (AvgIpc) is 1.94. The lowest BCUT2D eigenvalue weighted by molar-refractivity contribution is -0.138. The topological polar surface area (TPSA) is 20.3 Å². The minimum Gasteiger partial charge on any atom is -0.346 e. The number of piperidine rings is 1. The van der Waals surface area contributed by atoms with Crippen molar-refractivity contribution >= 4 is 5.91 Å². The molecule has 12 heavy (non-hydrogen) atoms. The molecule has 1 rings (SSSR count). The van der Waals surface area contributed by atoms with Gasteiger partial charge in [-0.3, -0.25) is 4.79 Å². The van der Waals surface area contributed by atoms with Crippen LogP contribution in [0.5, 0.6) is 0 Å². The quantitative estimate of drug-likeness (QED) is 0.592. The predicted molar refractivity (Wildman–Crippen MR) is 51.9 cm³/mol. The van der Waals surface area contributed by atoms with E-state index in [2.05, 4.69) is 13.8 Å². The molecule has 0 aromatic carbocycles. The van der Waals surface area contributed by atoms with Gasteiger partial charge in [0.25, 0.3) is 0 Å². The molecule has 0 aromatic rings. The molecular weight excluding hydrogens is 150 g/mol. The molecular formula is C10H21NO. The van der Waals surface area contributed by atoms with Crippen LogP contribution in [0.15, 0.2) is 0 Å². The predicted octanol–water partition coefficient (Wildman–Crippen LogP) is 2.15. The number of nitrogens with zero attached hydrogens (tertiary/aromatic N) is 1. The van der Waals surface area contributed by atoms with E-state index in [-0.39, 0.29) is 13.3 Å². The molecule has 0 radical (unpaired) electrons. The second-order valence-corrected chi connectivity index (χ2v) is 3.75. The Morgan fingerprint density at radius 2 is 2.08 bits per heavy atom. The Morgan fingerprint density at radius 1 is 1.50 bits per heavy atom. The van der Waals surface area contributed by atoms with Gasteiger partial charge in [-0.05, 0) is 18.8 Å². The van der Waals surface area contributed by atoms with Crippen molar-refractivity contribution in [3.63, 3.8) is 0 Å². The van der Waals surface area contributed by atoms with Gasteiger partial charge in [0.2, 0.25) is 5.91 Å². The summed E-state index contributed by atoms with van der Waals surface area (Å²) in [5.41, 5.74) is 0. The summed E-state index contributed by atoms with van der Waals surface area (Å²) in [5.74, 6) is 1.13. The molecule has 0 aliphatic carbocycles. The summed E-state index contributed by atoms with van der Waals surface area (Å²) in [4.78, 5) is 13.3. The first-order valence-corrected chi connectivity index (χ1v) is 4.38. The van der Waals surface area contributed by atoms with Gasteiger partial charge in [0.1, 0.15) is 0 Å². The van der Waals surface area contributed by atoms with Gasteiger partial charge in [0.05, 0.1) is 0 Å². The van der Waals surface area contributed by atoms with Crippen molar-refractivity contribution in [2.75, 3.05) is 13.6 Å². The highest BCUT2D eigenvalue weighted by molar-refractivity contribution is 5.79. The number of carbonyl (C=O) groups excluding carboxylic acids is 1. The van der Waals surface area contributed by atoms with E-state index in [1.165, 1.54) is 6.42 Å². The molecule has 1 aliphatic heterocycles. The smallest absolute Gasteiger partial charge is 0.225 e. The number of likely N-dealkylation sites (tertiary alicyclic amines) is 1. The van der Waals surface area contributed by atoms with E-state index in [9.17, 15) is 4.79 Å². The van der Waals surface area contributed by atoms with Crippen LogP contribution in [-0.4, -0.2) is 24.4 Å². The third-order valence-corrected chi connectivity index (χ3v) is 2.51. The van der Waals surface area contributed by atoms with Crippen LogP contribution in [0.1, 0.15) is 34.1 Å². The summed E-state index contributed by atoms with van der Waals surface area (Å²) in [7, 11) is 1.90. The van der Waals surface area contributed by atoms with Crippen molar-refractivity contribution in [1.29, 1.82) is 0 Å². The maximum Gasteiger partial charge on any atom is 0.225 e. The summed E-state index contributed by atoms with van der Waals surface area (Å²) in [6.07, 6.45) is 2.26. The molecule has 0 saturated carbocycles. The maximum absolute atomic E-state index is 11.5. The Morgan fingerprint density at radius 3 is 2.50 bits per heavy atom. The van der Waals surface area contributed by atoms with Gasteiger partial charge in [-0.25, -0.2) is 0 Å². The highest BCUT2D eigenvalue weighted by Crippen LogP contribution is 2.23. The van der Waals surface area contributed by atoms with E-state index in [1.54, 1.807) is 0 Å².